The highest BCUT2D eigenvalue weighted by Gasteiger charge is 2.05. The molecule has 0 bridgehead atoms. The Kier molecular flexibility index (Phi) is 3.58. The molecule has 76 valence electrons. The van der Waals surface area contributed by atoms with Crippen LogP contribution in [0.15, 0.2) is 23.4 Å². The van der Waals surface area contributed by atoms with Crippen LogP contribution in [0.2, 0.25) is 0 Å². The van der Waals surface area contributed by atoms with Crippen molar-refractivity contribution in [3.8, 4) is 0 Å². The molecule has 4 N–H and O–H groups in total. The average molecular weight is 197 g/mol. The van der Waals surface area contributed by atoms with Gasteiger partial charge in [-0.1, -0.05) is 5.16 Å². The van der Waals surface area contributed by atoms with Gasteiger partial charge < -0.3 is 20.5 Å². The largest absolute Gasteiger partial charge is 0.411 e. The van der Waals surface area contributed by atoms with Gasteiger partial charge >= 0.3 is 0 Å². The van der Waals surface area contributed by atoms with E-state index in [9.17, 15) is 0 Å². The van der Waals surface area contributed by atoms with Crippen molar-refractivity contribution in [3.05, 3.63) is 34.9 Å². The quantitative estimate of drug-likeness (QED) is 0.237. The van der Waals surface area contributed by atoms with Gasteiger partial charge in [0, 0.05) is 5.56 Å². The number of benzene rings is 1. The van der Waals surface area contributed by atoms with E-state index in [1.807, 2.05) is 0 Å². The number of aliphatic hydroxyl groups excluding tert-OH is 2. The van der Waals surface area contributed by atoms with Gasteiger partial charge in [0.05, 0.1) is 12.8 Å². The van der Waals surface area contributed by atoms with Crippen LogP contribution in [0.4, 0.5) is 0 Å². The van der Waals surface area contributed by atoms with Crippen molar-refractivity contribution in [2.24, 2.45) is 5.16 Å². The third kappa shape index (κ3) is 2.53. The minimum Gasteiger partial charge on any atom is -0.411 e. The lowest BCUT2D eigenvalue weighted by Gasteiger charge is -2.07. The van der Waals surface area contributed by atoms with Crippen molar-refractivity contribution in [1.29, 1.82) is 0 Å². The van der Waals surface area contributed by atoms with Crippen LogP contribution >= 0.6 is 0 Å². The van der Waals surface area contributed by atoms with Crippen LogP contribution in [0, 0.1) is 0 Å². The molecule has 0 aliphatic heterocycles. The van der Waals surface area contributed by atoms with Crippen LogP contribution in [0.5, 0.6) is 0 Å². The molecule has 5 heteroatoms. The van der Waals surface area contributed by atoms with E-state index < -0.39 is 6.29 Å². The molecule has 0 amide bonds. The fraction of sp³-hybridized carbons (Fsp3) is 0.222. The summed E-state index contributed by atoms with van der Waals surface area (Å²) in [6, 6.07) is 4.48. The summed E-state index contributed by atoms with van der Waals surface area (Å²) in [5.74, 6) is 0. The molecular weight excluding hydrogens is 186 g/mol. The zero-order valence-corrected chi connectivity index (χ0v) is 7.33. The highest BCUT2D eigenvalue weighted by Crippen LogP contribution is 2.14. The molecular formula is C9H11NO4. The smallest absolute Gasteiger partial charge is 0.178 e. The molecule has 0 saturated heterocycles. The molecule has 1 rings (SSSR count). The molecule has 0 atom stereocenters. The van der Waals surface area contributed by atoms with Crippen LogP contribution in [-0.4, -0.2) is 26.7 Å². The molecule has 0 radical (unpaired) electrons. The average Bonchev–Trinajstić information content (AvgIpc) is 2.17. The van der Waals surface area contributed by atoms with E-state index in [1.165, 1.54) is 12.1 Å². The molecule has 0 spiro atoms. The van der Waals surface area contributed by atoms with E-state index in [0.717, 1.165) is 6.21 Å². The molecule has 5 nitrogen and oxygen atoms in total. The molecule has 0 saturated carbocycles. The second-order valence-corrected chi connectivity index (χ2v) is 2.78. The maximum atomic E-state index is 8.90. The normalized spacial score (nSPS) is 11.4. The monoisotopic (exact) mass is 197 g/mol. The minimum absolute atomic E-state index is 0.215. The summed E-state index contributed by atoms with van der Waals surface area (Å²) < 4.78 is 0. The molecule has 0 aliphatic carbocycles. The van der Waals surface area contributed by atoms with Crippen LogP contribution in [0.1, 0.15) is 23.0 Å². The maximum absolute atomic E-state index is 8.90. The van der Waals surface area contributed by atoms with Crippen molar-refractivity contribution in [2.45, 2.75) is 12.9 Å². The van der Waals surface area contributed by atoms with Crippen molar-refractivity contribution < 1.29 is 20.5 Å². The predicted octanol–water partition coefficient (Wildman–Crippen LogP) is -0.0298. The summed E-state index contributed by atoms with van der Waals surface area (Å²) in [6.07, 6.45) is -0.460. The van der Waals surface area contributed by atoms with E-state index in [4.69, 9.17) is 20.5 Å². The molecule has 1 aromatic rings. The van der Waals surface area contributed by atoms with Crippen molar-refractivity contribution in [2.75, 3.05) is 0 Å². The van der Waals surface area contributed by atoms with Gasteiger partial charge in [-0.2, -0.15) is 0 Å². The van der Waals surface area contributed by atoms with Crippen LogP contribution in [0.25, 0.3) is 0 Å². The van der Waals surface area contributed by atoms with Gasteiger partial charge in [0.1, 0.15) is 0 Å². The Balaban J connectivity index is 3.13. The Morgan fingerprint density at radius 1 is 1.29 bits per heavy atom. The van der Waals surface area contributed by atoms with Gasteiger partial charge in [-0.25, -0.2) is 0 Å². The van der Waals surface area contributed by atoms with Crippen LogP contribution in [-0.2, 0) is 6.61 Å². The Labute approximate surface area is 80.6 Å². The minimum atomic E-state index is -1.60. The first kappa shape index (κ1) is 10.6. The fourth-order valence-corrected chi connectivity index (χ4v) is 1.13. The van der Waals surface area contributed by atoms with Crippen molar-refractivity contribution >= 4 is 6.21 Å². The first-order valence-electron chi connectivity index (χ1n) is 3.95. The number of hydrogen-bond donors (Lipinski definition) is 4. The number of rotatable bonds is 3. The summed E-state index contributed by atoms with van der Waals surface area (Å²) in [5.41, 5.74) is 1.25. The Morgan fingerprint density at radius 3 is 2.50 bits per heavy atom. The molecule has 14 heavy (non-hydrogen) atoms. The molecule has 0 heterocycles. The lowest BCUT2D eigenvalue weighted by Crippen LogP contribution is -1.99. The second kappa shape index (κ2) is 4.71. The van der Waals surface area contributed by atoms with Crippen molar-refractivity contribution in [3.63, 3.8) is 0 Å². The van der Waals surface area contributed by atoms with Crippen molar-refractivity contribution in [1.82, 2.24) is 0 Å². The zero-order valence-electron chi connectivity index (χ0n) is 7.33. The second-order valence-electron chi connectivity index (χ2n) is 2.78. The van der Waals surface area contributed by atoms with E-state index in [-0.39, 0.29) is 12.2 Å². The lowest BCUT2D eigenvalue weighted by molar-refractivity contribution is -0.0425. The number of oxime groups is 1. The SMILES string of the molecule is OCc1cc(/C=N\O)cc(C(O)O)c1. The molecule has 0 fully saturated rings. The van der Waals surface area contributed by atoms with Crippen LogP contribution < -0.4 is 0 Å². The Bertz CT molecular complexity index is 336. The van der Waals surface area contributed by atoms with Gasteiger partial charge in [0.25, 0.3) is 0 Å². The third-order valence-electron chi connectivity index (χ3n) is 1.72. The maximum Gasteiger partial charge on any atom is 0.178 e. The predicted molar refractivity (Wildman–Crippen MR) is 48.9 cm³/mol. The van der Waals surface area contributed by atoms with E-state index >= 15 is 0 Å². The standard InChI is InChI=1S/C9H11NO4/c11-5-7-1-6(4-10-14)2-8(3-7)9(12)13/h1-4,9,11-14H,5H2/b10-4-. The van der Waals surface area contributed by atoms with E-state index in [2.05, 4.69) is 5.16 Å². The van der Waals surface area contributed by atoms with Gasteiger partial charge in [-0.3, -0.25) is 0 Å². The summed E-state index contributed by atoms with van der Waals surface area (Å²) in [5, 5.41) is 37.8. The summed E-state index contributed by atoms with van der Waals surface area (Å²) in [4.78, 5) is 0. The number of aliphatic hydroxyl groups is 3. The molecule has 0 aromatic heterocycles. The topological polar surface area (TPSA) is 93.3 Å². The van der Waals surface area contributed by atoms with Gasteiger partial charge in [0.2, 0.25) is 0 Å². The van der Waals surface area contributed by atoms with Gasteiger partial charge in [-0.15, -0.1) is 0 Å². The highest BCUT2D eigenvalue weighted by molar-refractivity contribution is 5.79. The Morgan fingerprint density at radius 2 is 2.00 bits per heavy atom. The molecule has 0 aliphatic rings. The number of nitrogens with zero attached hydrogens (tertiary/aromatic N) is 1. The van der Waals surface area contributed by atoms with E-state index in [1.54, 1.807) is 6.07 Å². The third-order valence-corrected chi connectivity index (χ3v) is 1.72. The summed E-state index contributed by atoms with van der Waals surface area (Å²) >= 11 is 0. The van der Waals surface area contributed by atoms with E-state index in [0.29, 0.717) is 11.1 Å². The first-order valence-corrected chi connectivity index (χ1v) is 3.95. The highest BCUT2D eigenvalue weighted by atomic mass is 16.5. The zero-order chi connectivity index (χ0) is 10.6. The Hall–Kier alpha value is -1.43. The molecule has 1 aromatic carbocycles. The summed E-state index contributed by atoms with van der Waals surface area (Å²) in [6.45, 7) is -0.215. The van der Waals surface area contributed by atoms with Crippen LogP contribution in [0.3, 0.4) is 0 Å². The summed E-state index contributed by atoms with van der Waals surface area (Å²) in [7, 11) is 0. The molecule has 0 unspecified atom stereocenters. The first-order chi connectivity index (χ1) is 6.67. The lowest BCUT2D eigenvalue weighted by atomic mass is 10.1. The fourth-order valence-electron chi connectivity index (χ4n) is 1.13. The number of hydrogen-bond acceptors (Lipinski definition) is 5. The van der Waals surface area contributed by atoms with Gasteiger partial charge in [0.15, 0.2) is 6.29 Å². The van der Waals surface area contributed by atoms with Gasteiger partial charge in [-0.05, 0) is 29.3 Å².